The van der Waals surface area contributed by atoms with Crippen molar-refractivity contribution in [3.63, 3.8) is 0 Å². The molecule has 0 aromatic heterocycles. The standard InChI is InChI=1S/C19H22F4N2O4/c1-2-29-18(28)13(8-24-9-19(10-26)5-3-4-6-19)25-17(27)11-7-12(20)15(22)16(23)14(11)21/h7-8,24,26H,2-6,9-10H2,1H3,(H,25,27). The molecule has 0 heterocycles. The molecule has 2 rings (SSSR count). The molecule has 1 aliphatic carbocycles. The van der Waals surface area contributed by atoms with Crippen LogP contribution in [0.1, 0.15) is 43.0 Å². The Morgan fingerprint density at radius 3 is 2.41 bits per heavy atom. The Hall–Kier alpha value is -2.62. The molecule has 29 heavy (non-hydrogen) atoms. The highest BCUT2D eigenvalue weighted by molar-refractivity contribution is 6.01. The SMILES string of the molecule is CCOC(=O)C(=CNCC1(CO)CCCC1)NC(=O)c1cc(F)c(F)c(F)c1F. The van der Waals surface area contributed by atoms with Crippen molar-refractivity contribution in [1.29, 1.82) is 0 Å². The smallest absolute Gasteiger partial charge is 0.356 e. The van der Waals surface area contributed by atoms with Crippen LogP contribution in [0.5, 0.6) is 0 Å². The van der Waals surface area contributed by atoms with Crippen molar-refractivity contribution in [2.24, 2.45) is 5.41 Å². The van der Waals surface area contributed by atoms with Gasteiger partial charge in [0.2, 0.25) is 0 Å². The van der Waals surface area contributed by atoms with Crippen LogP contribution in [0.3, 0.4) is 0 Å². The van der Waals surface area contributed by atoms with E-state index in [4.69, 9.17) is 4.74 Å². The first kappa shape index (κ1) is 22.7. The van der Waals surface area contributed by atoms with Gasteiger partial charge < -0.3 is 20.5 Å². The third kappa shape index (κ3) is 5.26. The van der Waals surface area contributed by atoms with Crippen molar-refractivity contribution in [2.75, 3.05) is 19.8 Å². The Balaban J connectivity index is 2.20. The molecule has 0 aliphatic heterocycles. The highest BCUT2D eigenvalue weighted by atomic mass is 19.2. The average molecular weight is 418 g/mol. The number of hydrogen-bond donors (Lipinski definition) is 3. The molecule has 6 nitrogen and oxygen atoms in total. The summed E-state index contributed by atoms with van der Waals surface area (Å²) in [5, 5.41) is 14.4. The lowest BCUT2D eigenvalue weighted by molar-refractivity contribution is -0.138. The van der Waals surface area contributed by atoms with E-state index < -0.39 is 46.4 Å². The molecule has 0 radical (unpaired) electrons. The average Bonchev–Trinajstić information content (AvgIpc) is 3.17. The van der Waals surface area contributed by atoms with Crippen LogP contribution >= 0.6 is 0 Å². The van der Waals surface area contributed by atoms with Gasteiger partial charge in [0, 0.05) is 18.2 Å². The highest BCUT2D eigenvalue weighted by Gasteiger charge is 2.33. The lowest BCUT2D eigenvalue weighted by Gasteiger charge is -2.26. The number of carbonyl (C=O) groups is 2. The minimum atomic E-state index is -2.14. The summed E-state index contributed by atoms with van der Waals surface area (Å²) in [7, 11) is 0. The number of rotatable bonds is 8. The number of benzene rings is 1. The number of amides is 1. The Labute approximate surface area is 164 Å². The number of esters is 1. The highest BCUT2D eigenvalue weighted by Crippen LogP contribution is 2.36. The van der Waals surface area contributed by atoms with Gasteiger partial charge >= 0.3 is 5.97 Å². The molecule has 0 spiro atoms. The third-order valence-electron chi connectivity index (χ3n) is 4.81. The maximum Gasteiger partial charge on any atom is 0.356 e. The zero-order chi connectivity index (χ0) is 21.6. The number of aliphatic hydroxyl groups excluding tert-OH is 1. The maximum atomic E-state index is 13.8. The zero-order valence-corrected chi connectivity index (χ0v) is 15.8. The van der Waals surface area contributed by atoms with E-state index in [2.05, 4.69) is 5.32 Å². The van der Waals surface area contributed by atoms with Crippen molar-refractivity contribution in [2.45, 2.75) is 32.6 Å². The van der Waals surface area contributed by atoms with Crippen LogP contribution in [0, 0.1) is 28.7 Å². The predicted octanol–water partition coefficient (Wildman–Crippen LogP) is 2.52. The zero-order valence-electron chi connectivity index (χ0n) is 15.8. The molecular weight excluding hydrogens is 396 g/mol. The predicted molar refractivity (Wildman–Crippen MR) is 94.4 cm³/mol. The molecule has 0 unspecified atom stereocenters. The van der Waals surface area contributed by atoms with Crippen LogP contribution in [-0.4, -0.2) is 36.7 Å². The Morgan fingerprint density at radius 1 is 1.17 bits per heavy atom. The van der Waals surface area contributed by atoms with Gasteiger partial charge in [-0.2, -0.15) is 0 Å². The van der Waals surface area contributed by atoms with Crippen molar-refractivity contribution < 1.29 is 37.0 Å². The van der Waals surface area contributed by atoms with Crippen molar-refractivity contribution in [3.05, 3.63) is 46.8 Å². The molecule has 1 aromatic rings. The first-order valence-corrected chi connectivity index (χ1v) is 9.10. The number of hydrogen-bond acceptors (Lipinski definition) is 5. The molecule has 0 saturated heterocycles. The largest absolute Gasteiger partial charge is 0.461 e. The van der Waals surface area contributed by atoms with Gasteiger partial charge in [0.25, 0.3) is 5.91 Å². The van der Waals surface area contributed by atoms with Gasteiger partial charge in [0.1, 0.15) is 5.70 Å². The molecule has 0 bridgehead atoms. The molecule has 1 amide bonds. The minimum Gasteiger partial charge on any atom is -0.461 e. The topological polar surface area (TPSA) is 87.7 Å². The fourth-order valence-corrected chi connectivity index (χ4v) is 3.17. The quantitative estimate of drug-likeness (QED) is 0.199. The van der Waals surface area contributed by atoms with Crippen LogP contribution in [0.15, 0.2) is 18.0 Å². The molecule has 1 saturated carbocycles. The first-order valence-electron chi connectivity index (χ1n) is 9.10. The van der Waals surface area contributed by atoms with E-state index in [1.54, 1.807) is 0 Å². The molecule has 10 heteroatoms. The monoisotopic (exact) mass is 418 g/mol. The van der Waals surface area contributed by atoms with Crippen LogP contribution < -0.4 is 10.6 Å². The summed E-state index contributed by atoms with van der Waals surface area (Å²) in [6.07, 6.45) is 4.58. The number of aliphatic hydroxyl groups is 1. The molecule has 3 N–H and O–H groups in total. The Bertz CT molecular complexity index is 808. The van der Waals surface area contributed by atoms with E-state index in [0.29, 0.717) is 6.54 Å². The number of ether oxygens (including phenoxy) is 1. The number of halogens is 4. The molecule has 1 fully saturated rings. The van der Waals surface area contributed by atoms with Crippen LogP contribution in [-0.2, 0) is 9.53 Å². The van der Waals surface area contributed by atoms with Crippen molar-refractivity contribution >= 4 is 11.9 Å². The fraction of sp³-hybridized carbons (Fsp3) is 0.474. The molecule has 1 aliphatic rings. The van der Waals surface area contributed by atoms with Gasteiger partial charge in [0.15, 0.2) is 23.3 Å². The van der Waals surface area contributed by atoms with Gasteiger partial charge in [0.05, 0.1) is 18.8 Å². The van der Waals surface area contributed by atoms with E-state index in [1.165, 1.54) is 6.92 Å². The minimum absolute atomic E-state index is 0.0270. The van der Waals surface area contributed by atoms with Gasteiger partial charge in [-0.05, 0) is 25.8 Å². The normalized spacial score (nSPS) is 15.9. The van der Waals surface area contributed by atoms with Crippen molar-refractivity contribution in [3.8, 4) is 0 Å². The van der Waals surface area contributed by atoms with E-state index in [-0.39, 0.29) is 24.7 Å². The van der Waals surface area contributed by atoms with E-state index >= 15 is 0 Å². The summed E-state index contributed by atoms with van der Waals surface area (Å²) in [4.78, 5) is 24.3. The van der Waals surface area contributed by atoms with E-state index in [1.807, 2.05) is 5.32 Å². The number of carbonyl (C=O) groups excluding carboxylic acids is 2. The van der Waals surface area contributed by atoms with Gasteiger partial charge in [-0.15, -0.1) is 0 Å². The summed E-state index contributed by atoms with van der Waals surface area (Å²) in [5.41, 5.74) is -1.91. The van der Waals surface area contributed by atoms with E-state index in [0.717, 1.165) is 31.9 Å². The fourth-order valence-electron chi connectivity index (χ4n) is 3.17. The van der Waals surface area contributed by atoms with Crippen molar-refractivity contribution in [1.82, 2.24) is 10.6 Å². The lowest BCUT2D eigenvalue weighted by Crippen LogP contribution is -2.35. The first-order chi connectivity index (χ1) is 13.7. The summed E-state index contributed by atoms with van der Waals surface area (Å²) in [5.74, 6) is -10.2. The summed E-state index contributed by atoms with van der Waals surface area (Å²) in [6.45, 7) is 1.74. The van der Waals surface area contributed by atoms with Crippen LogP contribution in [0.4, 0.5) is 17.6 Å². The summed E-state index contributed by atoms with van der Waals surface area (Å²) < 4.78 is 58.4. The second kappa shape index (κ2) is 9.73. The second-order valence-corrected chi connectivity index (χ2v) is 6.83. The van der Waals surface area contributed by atoms with Gasteiger partial charge in [-0.1, -0.05) is 12.8 Å². The maximum absolute atomic E-state index is 13.8. The lowest BCUT2D eigenvalue weighted by atomic mass is 9.87. The molecule has 1 aromatic carbocycles. The van der Waals surface area contributed by atoms with E-state index in [9.17, 15) is 32.3 Å². The summed E-state index contributed by atoms with van der Waals surface area (Å²) >= 11 is 0. The van der Waals surface area contributed by atoms with Crippen LogP contribution in [0.2, 0.25) is 0 Å². The van der Waals surface area contributed by atoms with Crippen LogP contribution in [0.25, 0.3) is 0 Å². The molecule has 0 atom stereocenters. The third-order valence-corrected chi connectivity index (χ3v) is 4.81. The molecule has 160 valence electrons. The summed E-state index contributed by atoms with van der Waals surface area (Å²) in [6, 6.07) is 0.193. The number of nitrogens with one attached hydrogen (secondary N) is 2. The van der Waals surface area contributed by atoms with Gasteiger partial charge in [-0.25, -0.2) is 22.4 Å². The Kier molecular flexibility index (Phi) is 7.60. The van der Waals surface area contributed by atoms with Gasteiger partial charge in [-0.3, -0.25) is 4.79 Å². The molecular formula is C19H22F4N2O4. The Morgan fingerprint density at radius 2 is 1.83 bits per heavy atom. The second-order valence-electron chi connectivity index (χ2n) is 6.83.